The summed E-state index contributed by atoms with van der Waals surface area (Å²) < 4.78 is 17.0. The molecule has 1 aromatic heterocycles. The fraction of sp³-hybridized carbons (Fsp3) is 0.346. The van der Waals surface area contributed by atoms with Crippen molar-refractivity contribution in [2.45, 2.75) is 38.8 Å². The first kappa shape index (κ1) is 22.2. The summed E-state index contributed by atoms with van der Waals surface area (Å²) in [7, 11) is 1.62. The standard InChI is InChI=1S/C26H28N4O4/c1-16-7-4-9-19(13-16)24-28-25(34-29-24)22-17(2)30(15-21-11-6-12-33-21)26(31)27-23(22)18-8-5-10-20(14-18)32-3/h4-5,7-10,13-14,21,23H,6,11-12,15H2,1-3H3,(H,27,31). The van der Waals surface area contributed by atoms with Gasteiger partial charge in [-0.15, -0.1) is 0 Å². The lowest BCUT2D eigenvalue weighted by molar-refractivity contribution is 0.0877. The van der Waals surface area contributed by atoms with Crippen LogP contribution in [0.5, 0.6) is 5.75 Å². The molecule has 3 heterocycles. The number of benzene rings is 2. The van der Waals surface area contributed by atoms with Gasteiger partial charge in [-0.25, -0.2) is 4.79 Å². The number of aromatic nitrogens is 2. The van der Waals surface area contributed by atoms with Crippen LogP contribution in [0.25, 0.3) is 17.0 Å². The van der Waals surface area contributed by atoms with Crippen molar-refractivity contribution in [1.82, 2.24) is 20.4 Å². The van der Waals surface area contributed by atoms with Gasteiger partial charge in [0.2, 0.25) is 5.82 Å². The van der Waals surface area contributed by atoms with Gasteiger partial charge in [-0.1, -0.05) is 41.1 Å². The molecule has 0 radical (unpaired) electrons. The van der Waals surface area contributed by atoms with Gasteiger partial charge in [0, 0.05) is 17.9 Å². The summed E-state index contributed by atoms with van der Waals surface area (Å²) in [6.07, 6.45) is 1.95. The minimum Gasteiger partial charge on any atom is -0.497 e. The predicted molar refractivity (Wildman–Crippen MR) is 127 cm³/mol. The average Bonchev–Trinajstić information content (AvgIpc) is 3.54. The Morgan fingerprint density at radius 1 is 1.18 bits per heavy atom. The number of ether oxygens (including phenoxy) is 2. The van der Waals surface area contributed by atoms with Gasteiger partial charge in [-0.3, -0.25) is 4.90 Å². The number of allylic oxidation sites excluding steroid dienone is 1. The SMILES string of the molecule is COc1cccc(C2NC(=O)N(CC3CCCO3)C(C)=C2c2nc(-c3cccc(C)c3)no2)c1. The van der Waals surface area contributed by atoms with Crippen LogP contribution in [0, 0.1) is 6.92 Å². The number of aryl methyl sites for hydroxylation is 1. The van der Waals surface area contributed by atoms with Crippen molar-refractivity contribution in [2.24, 2.45) is 0 Å². The molecular weight excluding hydrogens is 432 g/mol. The number of carbonyl (C=O) groups excluding carboxylic acids is 1. The first-order valence-electron chi connectivity index (χ1n) is 11.5. The molecule has 8 nitrogen and oxygen atoms in total. The molecule has 8 heteroatoms. The second-order valence-electron chi connectivity index (χ2n) is 8.70. The van der Waals surface area contributed by atoms with E-state index in [4.69, 9.17) is 19.0 Å². The molecule has 0 saturated carbocycles. The van der Waals surface area contributed by atoms with Crippen LogP contribution in [-0.2, 0) is 4.74 Å². The van der Waals surface area contributed by atoms with Crippen molar-refractivity contribution in [3.05, 3.63) is 71.2 Å². The summed E-state index contributed by atoms with van der Waals surface area (Å²) in [5.74, 6) is 1.58. The monoisotopic (exact) mass is 460 g/mol. The number of rotatable bonds is 6. The topological polar surface area (TPSA) is 89.7 Å². The second-order valence-corrected chi connectivity index (χ2v) is 8.70. The molecule has 1 saturated heterocycles. The Morgan fingerprint density at radius 2 is 2.03 bits per heavy atom. The number of carbonyl (C=O) groups is 1. The van der Waals surface area contributed by atoms with E-state index in [1.165, 1.54) is 0 Å². The lowest BCUT2D eigenvalue weighted by Crippen LogP contribution is -2.48. The van der Waals surface area contributed by atoms with E-state index in [-0.39, 0.29) is 12.1 Å². The van der Waals surface area contributed by atoms with Crippen LogP contribution in [0.15, 0.2) is 58.8 Å². The number of methoxy groups -OCH3 is 1. The molecule has 2 aromatic carbocycles. The van der Waals surface area contributed by atoms with Crippen LogP contribution >= 0.6 is 0 Å². The third kappa shape index (κ3) is 4.28. The number of hydrogen-bond donors (Lipinski definition) is 1. The highest BCUT2D eigenvalue weighted by Crippen LogP contribution is 2.38. The molecule has 2 aliphatic heterocycles. The van der Waals surface area contributed by atoms with Gasteiger partial charge >= 0.3 is 6.03 Å². The summed E-state index contributed by atoms with van der Waals surface area (Å²) in [4.78, 5) is 19.6. The van der Waals surface area contributed by atoms with Crippen LogP contribution in [-0.4, -0.2) is 47.4 Å². The van der Waals surface area contributed by atoms with Crippen LogP contribution in [0.1, 0.15) is 42.8 Å². The Kier molecular flexibility index (Phi) is 6.06. The van der Waals surface area contributed by atoms with E-state index in [2.05, 4.69) is 10.5 Å². The molecule has 2 atom stereocenters. The maximum atomic E-state index is 13.2. The van der Waals surface area contributed by atoms with Gasteiger partial charge in [0.05, 0.1) is 31.4 Å². The van der Waals surface area contributed by atoms with E-state index in [1.54, 1.807) is 12.0 Å². The first-order chi connectivity index (χ1) is 16.5. The maximum Gasteiger partial charge on any atom is 0.322 e. The number of nitrogens with one attached hydrogen (secondary N) is 1. The van der Waals surface area contributed by atoms with E-state index in [9.17, 15) is 4.79 Å². The van der Waals surface area contributed by atoms with Crippen molar-refractivity contribution >= 4 is 11.6 Å². The lowest BCUT2D eigenvalue weighted by Gasteiger charge is -2.36. The fourth-order valence-corrected chi connectivity index (χ4v) is 4.58. The maximum absolute atomic E-state index is 13.2. The van der Waals surface area contributed by atoms with Crippen LogP contribution in [0.2, 0.25) is 0 Å². The molecule has 1 fully saturated rings. The van der Waals surface area contributed by atoms with Crippen molar-refractivity contribution in [2.75, 3.05) is 20.3 Å². The Hall–Kier alpha value is -3.65. The number of nitrogens with zero attached hydrogens (tertiary/aromatic N) is 3. The Labute approximate surface area is 198 Å². The van der Waals surface area contributed by atoms with Crippen LogP contribution in [0.3, 0.4) is 0 Å². The summed E-state index contributed by atoms with van der Waals surface area (Å²) >= 11 is 0. The van der Waals surface area contributed by atoms with Gasteiger partial charge in [0.25, 0.3) is 5.89 Å². The zero-order valence-electron chi connectivity index (χ0n) is 19.6. The predicted octanol–water partition coefficient (Wildman–Crippen LogP) is 4.73. The normalized spacial score (nSPS) is 20.6. The van der Waals surface area contributed by atoms with Crippen molar-refractivity contribution in [1.29, 1.82) is 0 Å². The molecule has 0 bridgehead atoms. The average molecular weight is 461 g/mol. The molecule has 2 amide bonds. The molecule has 176 valence electrons. The molecular formula is C26H28N4O4. The Morgan fingerprint density at radius 3 is 2.79 bits per heavy atom. The fourth-order valence-electron chi connectivity index (χ4n) is 4.58. The number of hydrogen-bond acceptors (Lipinski definition) is 6. The summed E-state index contributed by atoms with van der Waals surface area (Å²) in [5, 5.41) is 7.38. The van der Waals surface area contributed by atoms with Crippen molar-refractivity contribution in [3.8, 4) is 17.1 Å². The van der Waals surface area contributed by atoms with E-state index in [0.717, 1.165) is 47.4 Å². The van der Waals surface area contributed by atoms with Crippen LogP contribution in [0.4, 0.5) is 4.79 Å². The third-order valence-corrected chi connectivity index (χ3v) is 6.37. The number of amides is 2. The zero-order chi connectivity index (χ0) is 23.7. The van der Waals surface area contributed by atoms with Gasteiger partial charge in [-0.2, -0.15) is 4.98 Å². The molecule has 3 aromatic rings. The smallest absolute Gasteiger partial charge is 0.322 e. The zero-order valence-corrected chi connectivity index (χ0v) is 19.6. The second kappa shape index (κ2) is 9.30. The Bertz CT molecular complexity index is 1230. The minimum atomic E-state index is -0.464. The largest absolute Gasteiger partial charge is 0.497 e. The van der Waals surface area contributed by atoms with Crippen molar-refractivity contribution in [3.63, 3.8) is 0 Å². The van der Waals surface area contributed by atoms with E-state index in [1.807, 2.05) is 62.4 Å². The van der Waals surface area contributed by atoms with Gasteiger partial charge in [0.15, 0.2) is 0 Å². The number of urea groups is 1. The van der Waals surface area contributed by atoms with Gasteiger partial charge in [0.1, 0.15) is 5.75 Å². The highest BCUT2D eigenvalue weighted by molar-refractivity contribution is 5.87. The van der Waals surface area contributed by atoms with E-state index < -0.39 is 6.04 Å². The van der Waals surface area contributed by atoms with Crippen LogP contribution < -0.4 is 10.1 Å². The molecule has 5 rings (SSSR count). The minimum absolute atomic E-state index is 0.0147. The molecule has 2 aliphatic rings. The van der Waals surface area contributed by atoms with E-state index >= 15 is 0 Å². The molecule has 1 N–H and O–H groups in total. The molecule has 0 aliphatic carbocycles. The molecule has 34 heavy (non-hydrogen) atoms. The van der Waals surface area contributed by atoms with Crippen molar-refractivity contribution < 1.29 is 18.8 Å². The van der Waals surface area contributed by atoms with Gasteiger partial charge < -0.3 is 19.3 Å². The third-order valence-electron chi connectivity index (χ3n) is 6.37. The first-order valence-corrected chi connectivity index (χ1v) is 11.5. The highest BCUT2D eigenvalue weighted by Gasteiger charge is 2.37. The lowest BCUT2D eigenvalue weighted by atomic mass is 9.94. The van der Waals surface area contributed by atoms with E-state index in [0.29, 0.717) is 24.0 Å². The summed E-state index contributed by atoms with van der Waals surface area (Å²) in [6, 6.07) is 15.0. The molecule has 0 spiro atoms. The molecule has 2 unspecified atom stereocenters. The van der Waals surface area contributed by atoms with Gasteiger partial charge in [-0.05, 0) is 50.5 Å². The quantitative estimate of drug-likeness (QED) is 0.572. The Balaban J connectivity index is 1.58. The highest BCUT2D eigenvalue weighted by atomic mass is 16.5. The summed E-state index contributed by atoms with van der Waals surface area (Å²) in [6.45, 7) is 5.15. The summed E-state index contributed by atoms with van der Waals surface area (Å²) in [5.41, 5.74) is 4.39.